The molecule has 9 heteroatoms. The van der Waals surface area contributed by atoms with Crippen LogP contribution in [0.1, 0.15) is 28.9 Å². The molecule has 0 saturated heterocycles. The first kappa shape index (κ1) is 21.4. The van der Waals surface area contributed by atoms with Crippen molar-refractivity contribution in [3.63, 3.8) is 0 Å². The topological polar surface area (TPSA) is 79.2 Å². The van der Waals surface area contributed by atoms with Crippen molar-refractivity contribution in [2.75, 3.05) is 6.54 Å². The Morgan fingerprint density at radius 2 is 1.88 bits per heavy atom. The summed E-state index contributed by atoms with van der Waals surface area (Å²) in [5.74, 6) is -0.0368. The number of halogens is 3. The molecule has 2 aromatic heterocycles. The molecule has 0 bridgehead atoms. The van der Waals surface area contributed by atoms with Crippen molar-refractivity contribution in [2.45, 2.75) is 19.6 Å². The van der Waals surface area contributed by atoms with Gasteiger partial charge in [0.25, 0.3) is 11.5 Å². The van der Waals surface area contributed by atoms with Crippen LogP contribution in [0.2, 0.25) is 0 Å². The number of fused-ring (bicyclic) bond motifs is 1. The summed E-state index contributed by atoms with van der Waals surface area (Å²) in [6.45, 7) is 2.09. The lowest BCUT2D eigenvalue weighted by atomic mass is 10.1. The molecular weight excluding hydrogens is 423 g/mol. The third kappa shape index (κ3) is 4.27. The number of nitrogens with one attached hydrogen (secondary N) is 1. The maximum absolute atomic E-state index is 13.0. The Labute approximate surface area is 180 Å². The van der Waals surface area contributed by atoms with Crippen molar-refractivity contribution in [1.29, 1.82) is 0 Å². The van der Waals surface area contributed by atoms with E-state index < -0.39 is 17.6 Å². The number of para-hydroxylation sites is 1. The second-order valence-electron chi connectivity index (χ2n) is 7.09. The van der Waals surface area contributed by atoms with Crippen molar-refractivity contribution in [1.82, 2.24) is 14.9 Å². The molecule has 0 aliphatic carbocycles. The Bertz CT molecular complexity index is 1340. The molecule has 0 spiro atoms. The van der Waals surface area contributed by atoms with Gasteiger partial charge in [-0.05, 0) is 43.3 Å². The molecule has 1 N–H and O–H groups in total. The Balaban J connectivity index is 1.58. The predicted octanol–water partition coefficient (Wildman–Crippen LogP) is 4.86. The van der Waals surface area contributed by atoms with E-state index in [0.29, 0.717) is 23.3 Å². The van der Waals surface area contributed by atoms with Gasteiger partial charge in [-0.1, -0.05) is 24.3 Å². The number of nitrogens with zero attached hydrogens (tertiary/aromatic N) is 2. The zero-order valence-corrected chi connectivity index (χ0v) is 16.9. The molecule has 0 fully saturated rings. The first-order valence-electron chi connectivity index (χ1n) is 9.81. The van der Waals surface area contributed by atoms with E-state index in [9.17, 15) is 22.8 Å². The number of furan rings is 1. The van der Waals surface area contributed by atoms with E-state index in [2.05, 4.69) is 9.97 Å². The molecule has 4 aromatic rings. The fraction of sp³-hybridized carbons (Fsp3) is 0.174. The summed E-state index contributed by atoms with van der Waals surface area (Å²) in [4.78, 5) is 33.7. The number of carbonyl (C=O) groups excluding carboxylic acids is 1. The van der Waals surface area contributed by atoms with Crippen LogP contribution < -0.4 is 5.56 Å². The summed E-state index contributed by atoms with van der Waals surface area (Å²) < 4.78 is 44.5. The van der Waals surface area contributed by atoms with Crippen LogP contribution in [-0.4, -0.2) is 27.3 Å². The van der Waals surface area contributed by atoms with Gasteiger partial charge >= 0.3 is 6.18 Å². The predicted molar refractivity (Wildman–Crippen MR) is 112 cm³/mol. The molecule has 2 aromatic carbocycles. The summed E-state index contributed by atoms with van der Waals surface area (Å²) in [5.41, 5.74) is -0.387. The average Bonchev–Trinajstić information content (AvgIpc) is 3.27. The van der Waals surface area contributed by atoms with Crippen LogP contribution in [0.15, 0.2) is 69.9 Å². The summed E-state index contributed by atoms with van der Waals surface area (Å²) in [5, 5.41) is 0.447. The standard InChI is InChI=1S/C23H18F3N3O3/c1-2-29(13-20-27-17-9-4-3-8-16(17)21(30)28-20)22(31)19-11-10-18(32-19)14-6-5-7-15(12-14)23(24,25)26/h3-12H,2,13H2,1H3,(H,27,28,30). The molecule has 1 amide bonds. The zero-order chi connectivity index (χ0) is 22.9. The molecule has 0 atom stereocenters. The minimum absolute atomic E-state index is 0.0256. The Morgan fingerprint density at radius 3 is 2.62 bits per heavy atom. The summed E-state index contributed by atoms with van der Waals surface area (Å²) in [6.07, 6.45) is -4.48. The molecule has 6 nitrogen and oxygen atoms in total. The highest BCUT2D eigenvalue weighted by Crippen LogP contribution is 2.32. The molecule has 2 heterocycles. The first-order chi connectivity index (χ1) is 15.3. The maximum atomic E-state index is 13.0. The molecular formula is C23H18F3N3O3. The van der Waals surface area contributed by atoms with Crippen LogP contribution in [0.3, 0.4) is 0 Å². The smallest absolute Gasteiger partial charge is 0.416 e. The van der Waals surface area contributed by atoms with Gasteiger partial charge in [0.2, 0.25) is 0 Å². The zero-order valence-electron chi connectivity index (χ0n) is 16.9. The quantitative estimate of drug-likeness (QED) is 0.480. The number of H-pyrrole nitrogens is 1. The van der Waals surface area contributed by atoms with Gasteiger partial charge in [0.1, 0.15) is 11.6 Å². The second kappa shape index (κ2) is 8.33. The maximum Gasteiger partial charge on any atom is 0.416 e. The molecule has 4 rings (SSSR count). The number of aromatic amines is 1. The van der Waals surface area contributed by atoms with Gasteiger partial charge in [0, 0.05) is 12.1 Å². The van der Waals surface area contributed by atoms with Crippen molar-refractivity contribution in [3.8, 4) is 11.3 Å². The minimum Gasteiger partial charge on any atom is -0.451 e. The van der Waals surface area contributed by atoms with Gasteiger partial charge < -0.3 is 14.3 Å². The Morgan fingerprint density at radius 1 is 1.09 bits per heavy atom. The fourth-order valence-electron chi connectivity index (χ4n) is 3.33. The summed E-state index contributed by atoms with van der Waals surface area (Å²) in [7, 11) is 0. The van der Waals surface area contributed by atoms with Crippen molar-refractivity contribution < 1.29 is 22.4 Å². The third-order valence-corrected chi connectivity index (χ3v) is 4.96. The summed E-state index contributed by atoms with van der Waals surface area (Å²) in [6, 6.07) is 14.4. The van der Waals surface area contributed by atoms with E-state index in [1.54, 1.807) is 31.2 Å². The van der Waals surface area contributed by atoms with Crippen LogP contribution >= 0.6 is 0 Å². The largest absolute Gasteiger partial charge is 0.451 e. The Hall–Kier alpha value is -3.88. The highest BCUT2D eigenvalue weighted by atomic mass is 19.4. The van der Waals surface area contributed by atoms with E-state index >= 15 is 0 Å². The number of hydrogen-bond donors (Lipinski definition) is 1. The monoisotopic (exact) mass is 441 g/mol. The van der Waals surface area contributed by atoms with Gasteiger partial charge in [-0.3, -0.25) is 9.59 Å². The highest BCUT2D eigenvalue weighted by Gasteiger charge is 2.30. The molecule has 0 saturated carbocycles. The van der Waals surface area contributed by atoms with Crippen LogP contribution in [0.4, 0.5) is 13.2 Å². The third-order valence-electron chi connectivity index (χ3n) is 4.96. The number of hydrogen-bond acceptors (Lipinski definition) is 4. The number of carbonyl (C=O) groups is 1. The van der Waals surface area contributed by atoms with Crippen molar-refractivity contribution >= 4 is 16.8 Å². The van der Waals surface area contributed by atoms with Gasteiger partial charge in [-0.25, -0.2) is 4.98 Å². The summed E-state index contributed by atoms with van der Waals surface area (Å²) >= 11 is 0. The van der Waals surface area contributed by atoms with E-state index in [0.717, 1.165) is 12.1 Å². The second-order valence-corrected chi connectivity index (χ2v) is 7.09. The van der Waals surface area contributed by atoms with Gasteiger partial charge in [-0.15, -0.1) is 0 Å². The lowest BCUT2D eigenvalue weighted by Gasteiger charge is -2.19. The highest BCUT2D eigenvalue weighted by molar-refractivity contribution is 5.92. The van der Waals surface area contributed by atoms with E-state index in [-0.39, 0.29) is 29.2 Å². The molecule has 0 aliphatic heterocycles. The lowest BCUT2D eigenvalue weighted by Crippen LogP contribution is -2.31. The number of alkyl halides is 3. The van der Waals surface area contributed by atoms with E-state index in [1.807, 2.05) is 0 Å². The molecule has 0 unspecified atom stereocenters. The van der Waals surface area contributed by atoms with Crippen LogP contribution in [-0.2, 0) is 12.7 Å². The SMILES string of the molecule is CCN(Cc1nc2ccccc2c(=O)[nH]1)C(=O)c1ccc(-c2cccc(C(F)(F)F)c2)o1. The van der Waals surface area contributed by atoms with Crippen molar-refractivity contribution in [2.24, 2.45) is 0 Å². The number of aromatic nitrogens is 2. The van der Waals surface area contributed by atoms with Crippen molar-refractivity contribution in [3.05, 3.63) is 88.2 Å². The Kier molecular flexibility index (Phi) is 5.56. The molecule has 0 aliphatic rings. The lowest BCUT2D eigenvalue weighted by molar-refractivity contribution is -0.137. The molecule has 0 radical (unpaired) electrons. The van der Waals surface area contributed by atoms with E-state index in [4.69, 9.17) is 4.42 Å². The van der Waals surface area contributed by atoms with Crippen LogP contribution in [0.25, 0.3) is 22.2 Å². The molecule has 32 heavy (non-hydrogen) atoms. The van der Waals surface area contributed by atoms with Crippen LogP contribution in [0, 0.1) is 0 Å². The normalized spacial score (nSPS) is 11.6. The fourth-order valence-corrected chi connectivity index (χ4v) is 3.33. The number of benzene rings is 2. The van der Waals surface area contributed by atoms with Gasteiger partial charge in [0.15, 0.2) is 5.76 Å². The minimum atomic E-state index is -4.48. The van der Waals surface area contributed by atoms with E-state index in [1.165, 1.54) is 29.2 Å². The van der Waals surface area contributed by atoms with Gasteiger partial charge in [-0.2, -0.15) is 13.2 Å². The molecule has 164 valence electrons. The number of rotatable bonds is 5. The van der Waals surface area contributed by atoms with Crippen LogP contribution in [0.5, 0.6) is 0 Å². The van der Waals surface area contributed by atoms with Gasteiger partial charge in [0.05, 0.1) is 23.0 Å². The first-order valence-corrected chi connectivity index (χ1v) is 9.81. The average molecular weight is 441 g/mol. The number of amides is 1.